The molecule has 4 nitrogen and oxygen atoms in total. The molecule has 5 rings (SSSR count). The first-order valence-corrected chi connectivity index (χ1v) is 9.53. The molecule has 0 amide bonds. The average Bonchev–Trinajstić information content (AvgIpc) is 2.55. The second-order valence-electron chi connectivity index (χ2n) is 9.36. The Hall–Kier alpha value is -0.870. The molecule has 1 N–H and O–H groups in total. The highest BCUT2D eigenvalue weighted by molar-refractivity contribution is 5.75. The molecule has 3 aliphatic carbocycles. The maximum atomic E-state index is 12.1. The lowest BCUT2D eigenvalue weighted by molar-refractivity contribution is -0.465. The van der Waals surface area contributed by atoms with Gasteiger partial charge < -0.3 is 5.11 Å². The van der Waals surface area contributed by atoms with E-state index in [1.165, 1.54) is 5.57 Å². The van der Waals surface area contributed by atoms with Gasteiger partial charge in [0.2, 0.25) is 0 Å². The lowest BCUT2D eigenvalue weighted by Gasteiger charge is -2.66. The van der Waals surface area contributed by atoms with Gasteiger partial charge in [-0.15, -0.1) is 0 Å². The average molecular weight is 334 g/mol. The van der Waals surface area contributed by atoms with Crippen LogP contribution in [0.3, 0.4) is 0 Å². The zero-order valence-corrected chi connectivity index (χ0v) is 15.4. The van der Waals surface area contributed by atoms with E-state index in [4.69, 9.17) is 9.78 Å². The molecule has 4 heteroatoms. The lowest BCUT2D eigenvalue weighted by Crippen LogP contribution is -2.68. The van der Waals surface area contributed by atoms with Crippen molar-refractivity contribution in [2.45, 2.75) is 83.8 Å². The Balaban J connectivity index is 1.81. The van der Waals surface area contributed by atoms with Gasteiger partial charge in [0, 0.05) is 5.41 Å². The van der Waals surface area contributed by atoms with Crippen LogP contribution in [0.2, 0.25) is 0 Å². The minimum absolute atomic E-state index is 0.140. The Bertz CT molecular complexity index is 599. The summed E-state index contributed by atoms with van der Waals surface area (Å²) >= 11 is 0. The first-order chi connectivity index (χ1) is 11.2. The normalized spacial score (nSPS) is 50.2. The van der Waals surface area contributed by atoms with Gasteiger partial charge in [0.25, 0.3) is 0 Å². The third-order valence-corrected chi connectivity index (χ3v) is 8.17. The van der Waals surface area contributed by atoms with Crippen molar-refractivity contribution in [2.24, 2.45) is 22.7 Å². The van der Waals surface area contributed by atoms with E-state index in [0.717, 1.165) is 44.9 Å². The summed E-state index contributed by atoms with van der Waals surface area (Å²) in [5.41, 5.74) is -0.136. The monoisotopic (exact) mass is 334 g/mol. The van der Waals surface area contributed by atoms with Crippen LogP contribution in [0.1, 0.15) is 72.6 Å². The summed E-state index contributed by atoms with van der Waals surface area (Å²) < 4.78 is 0. The van der Waals surface area contributed by atoms with Gasteiger partial charge in [0.15, 0.2) is 0 Å². The maximum absolute atomic E-state index is 12.1. The number of carboxylic acids is 1. The van der Waals surface area contributed by atoms with Crippen LogP contribution < -0.4 is 0 Å². The van der Waals surface area contributed by atoms with Gasteiger partial charge in [-0.05, 0) is 68.9 Å². The number of carboxylic acid groups (broad SMARTS) is 1. The minimum atomic E-state index is -0.652. The van der Waals surface area contributed by atoms with E-state index in [1.54, 1.807) is 0 Å². The number of fused-ring (bicyclic) bond motifs is 3. The first-order valence-electron chi connectivity index (χ1n) is 9.53. The van der Waals surface area contributed by atoms with Crippen LogP contribution in [-0.4, -0.2) is 22.3 Å². The summed E-state index contributed by atoms with van der Waals surface area (Å²) in [5, 5.41) is 9.94. The largest absolute Gasteiger partial charge is 0.481 e. The van der Waals surface area contributed by atoms with Gasteiger partial charge in [-0.1, -0.05) is 27.2 Å². The highest BCUT2D eigenvalue weighted by Gasteiger charge is 2.69. The van der Waals surface area contributed by atoms with Crippen LogP contribution in [0.15, 0.2) is 11.6 Å². The predicted octanol–water partition coefficient (Wildman–Crippen LogP) is 4.49. The van der Waals surface area contributed by atoms with Crippen molar-refractivity contribution in [1.82, 2.24) is 0 Å². The molecule has 2 bridgehead atoms. The van der Waals surface area contributed by atoms with E-state index in [-0.39, 0.29) is 16.9 Å². The summed E-state index contributed by atoms with van der Waals surface area (Å²) in [5.74, 6) is -0.127. The van der Waals surface area contributed by atoms with Crippen molar-refractivity contribution in [3.63, 3.8) is 0 Å². The lowest BCUT2D eigenvalue weighted by atomic mass is 9.43. The second kappa shape index (κ2) is 4.85. The first kappa shape index (κ1) is 16.6. The number of rotatable bonds is 2. The van der Waals surface area contributed by atoms with Crippen LogP contribution >= 0.6 is 0 Å². The zero-order valence-electron chi connectivity index (χ0n) is 15.4. The summed E-state index contributed by atoms with van der Waals surface area (Å²) in [6, 6.07) is 0. The van der Waals surface area contributed by atoms with Gasteiger partial charge in [-0.3, -0.25) is 4.79 Å². The van der Waals surface area contributed by atoms with E-state index in [2.05, 4.69) is 26.8 Å². The number of carbonyl (C=O) groups is 1. The highest BCUT2D eigenvalue weighted by Crippen LogP contribution is 2.68. The Labute approximate surface area is 144 Å². The topological polar surface area (TPSA) is 55.8 Å². The number of hydrogen-bond donors (Lipinski definition) is 1. The van der Waals surface area contributed by atoms with Crippen molar-refractivity contribution in [1.29, 1.82) is 0 Å². The molecule has 0 unspecified atom stereocenters. The van der Waals surface area contributed by atoms with Crippen molar-refractivity contribution in [3.8, 4) is 0 Å². The standard InChI is InChI=1S/C20H30O4/c1-13(2)19-10-11-20(24-23-19)14(12-19)6-7-15-17(3,16(21)22)8-5-9-18(15,20)4/h12-13,15H,5-11H2,1-4H3,(H,21,22)/t15-,17+,18-,19-,20-/m0/s1. The molecule has 24 heavy (non-hydrogen) atoms. The molecule has 0 aromatic heterocycles. The van der Waals surface area contributed by atoms with Gasteiger partial charge in [-0.25, -0.2) is 9.78 Å². The van der Waals surface area contributed by atoms with Crippen LogP contribution in [0, 0.1) is 22.7 Å². The van der Waals surface area contributed by atoms with E-state index >= 15 is 0 Å². The quantitative estimate of drug-likeness (QED) is 0.597. The molecule has 0 aromatic carbocycles. The van der Waals surface area contributed by atoms with E-state index in [0.29, 0.717) is 5.92 Å². The Morgan fingerprint density at radius 1 is 1.21 bits per heavy atom. The third kappa shape index (κ3) is 1.74. The smallest absolute Gasteiger partial charge is 0.309 e. The molecular formula is C20H30O4. The van der Waals surface area contributed by atoms with Crippen LogP contribution in [-0.2, 0) is 14.6 Å². The molecule has 2 saturated carbocycles. The molecule has 1 saturated heterocycles. The second-order valence-corrected chi connectivity index (χ2v) is 9.36. The van der Waals surface area contributed by atoms with Gasteiger partial charge in [0.1, 0.15) is 11.2 Å². The molecule has 0 aromatic rings. The minimum Gasteiger partial charge on any atom is -0.481 e. The van der Waals surface area contributed by atoms with Crippen LogP contribution in [0.4, 0.5) is 0 Å². The van der Waals surface area contributed by atoms with Gasteiger partial charge >= 0.3 is 5.97 Å². The van der Waals surface area contributed by atoms with Crippen molar-refractivity contribution < 1.29 is 19.7 Å². The fraction of sp³-hybridized carbons (Fsp3) is 0.850. The molecule has 2 aliphatic heterocycles. The van der Waals surface area contributed by atoms with Crippen molar-refractivity contribution in [2.75, 3.05) is 0 Å². The molecule has 2 heterocycles. The molecule has 5 atom stereocenters. The van der Waals surface area contributed by atoms with Crippen LogP contribution in [0.5, 0.6) is 0 Å². The fourth-order valence-electron chi connectivity index (χ4n) is 6.45. The Morgan fingerprint density at radius 2 is 1.96 bits per heavy atom. The fourth-order valence-corrected chi connectivity index (χ4v) is 6.45. The molecule has 1 spiro atoms. The number of hydrogen-bond acceptors (Lipinski definition) is 3. The van der Waals surface area contributed by atoms with Gasteiger partial charge in [-0.2, -0.15) is 0 Å². The van der Waals surface area contributed by atoms with Crippen LogP contribution in [0.25, 0.3) is 0 Å². The molecule has 3 fully saturated rings. The summed E-state index contributed by atoms with van der Waals surface area (Å²) in [4.78, 5) is 24.3. The summed E-state index contributed by atoms with van der Waals surface area (Å²) in [6.07, 6.45) is 8.91. The predicted molar refractivity (Wildman–Crippen MR) is 90.2 cm³/mol. The Kier molecular flexibility index (Phi) is 3.35. The number of aliphatic carboxylic acids is 1. The maximum Gasteiger partial charge on any atom is 0.309 e. The highest BCUT2D eigenvalue weighted by atomic mass is 17.2. The summed E-state index contributed by atoms with van der Waals surface area (Å²) in [7, 11) is 0. The molecule has 5 aliphatic rings. The van der Waals surface area contributed by atoms with E-state index in [9.17, 15) is 9.90 Å². The zero-order chi connectivity index (χ0) is 17.4. The van der Waals surface area contributed by atoms with Gasteiger partial charge in [0.05, 0.1) is 5.41 Å². The summed E-state index contributed by atoms with van der Waals surface area (Å²) in [6.45, 7) is 8.60. The van der Waals surface area contributed by atoms with E-state index < -0.39 is 17.0 Å². The molecule has 0 radical (unpaired) electrons. The molecular weight excluding hydrogens is 304 g/mol. The third-order valence-electron chi connectivity index (χ3n) is 8.17. The SMILES string of the molecule is CC(C)[C@@]12C=C3CC[C@H]4[C@](C)(C(=O)O)CCC[C@]4(C)[C@@]3(CC1)OO2. The van der Waals surface area contributed by atoms with E-state index in [1.807, 2.05) is 6.92 Å². The molecule has 134 valence electrons. The Morgan fingerprint density at radius 3 is 2.54 bits per heavy atom. The van der Waals surface area contributed by atoms with Crippen molar-refractivity contribution >= 4 is 5.97 Å². The van der Waals surface area contributed by atoms with Crippen molar-refractivity contribution in [3.05, 3.63) is 11.6 Å².